The molecule has 0 spiro atoms. The Morgan fingerprint density at radius 1 is 1.03 bits per heavy atom. The average Bonchev–Trinajstić information content (AvgIpc) is 3.36. The van der Waals surface area contributed by atoms with Crippen molar-refractivity contribution in [2.24, 2.45) is 0 Å². The van der Waals surface area contributed by atoms with E-state index in [1.54, 1.807) is 31.5 Å². The van der Waals surface area contributed by atoms with Gasteiger partial charge in [0.15, 0.2) is 11.5 Å². The van der Waals surface area contributed by atoms with E-state index in [0.29, 0.717) is 35.8 Å². The Kier molecular flexibility index (Phi) is 7.31. The number of nitro benzene ring substituents is 1. The van der Waals surface area contributed by atoms with Crippen molar-refractivity contribution in [2.45, 2.75) is 19.6 Å². The fourth-order valence-electron chi connectivity index (χ4n) is 3.36. The Labute approximate surface area is 201 Å². The zero-order chi connectivity index (χ0) is 24.6. The lowest BCUT2D eigenvalue weighted by Gasteiger charge is -2.12. The van der Waals surface area contributed by atoms with Gasteiger partial charge in [-0.15, -0.1) is 5.10 Å². The minimum absolute atomic E-state index is 0.00345. The molecule has 0 aliphatic carbocycles. The van der Waals surface area contributed by atoms with Crippen LogP contribution < -0.4 is 14.8 Å². The fraction of sp³-hybridized carbons (Fsp3) is 0.160. The predicted molar refractivity (Wildman–Crippen MR) is 127 cm³/mol. The smallest absolute Gasteiger partial charge is 0.269 e. The topological polar surface area (TPSA) is 121 Å². The summed E-state index contributed by atoms with van der Waals surface area (Å²) in [6, 6.07) is 21.0. The number of rotatable bonds is 10. The van der Waals surface area contributed by atoms with Gasteiger partial charge in [0, 0.05) is 18.7 Å². The molecule has 1 heterocycles. The van der Waals surface area contributed by atoms with E-state index in [1.165, 1.54) is 16.8 Å². The van der Waals surface area contributed by atoms with E-state index in [9.17, 15) is 14.9 Å². The Morgan fingerprint density at radius 2 is 1.80 bits per heavy atom. The number of carbonyl (C=O) groups is 1. The number of hydrogen-bond acceptors (Lipinski definition) is 7. The van der Waals surface area contributed by atoms with Crippen LogP contribution in [0.2, 0.25) is 0 Å². The van der Waals surface area contributed by atoms with Crippen molar-refractivity contribution in [3.05, 3.63) is 106 Å². The molecule has 0 fully saturated rings. The Hall–Kier alpha value is -4.73. The van der Waals surface area contributed by atoms with Gasteiger partial charge in [0.25, 0.3) is 5.69 Å². The van der Waals surface area contributed by atoms with E-state index in [4.69, 9.17) is 9.47 Å². The third kappa shape index (κ3) is 6.20. The van der Waals surface area contributed by atoms with Crippen molar-refractivity contribution in [3.8, 4) is 17.2 Å². The average molecular weight is 473 g/mol. The number of nitrogens with one attached hydrogen (secondary N) is 1. The van der Waals surface area contributed by atoms with Gasteiger partial charge in [0.2, 0.25) is 5.91 Å². The number of nitrogens with zero attached hydrogens (tertiary/aromatic N) is 4. The molecule has 0 aliphatic heterocycles. The summed E-state index contributed by atoms with van der Waals surface area (Å²) in [4.78, 5) is 22.6. The number of benzene rings is 3. The third-order valence-corrected chi connectivity index (χ3v) is 5.17. The minimum atomic E-state index is -0.457. The summed E-state index contributed by atoms with van der Waals surface area (Å²) in [7, 11) is 1.55. The third-order valence-electron chi connectivity index (χ3n) is 5.17. The Balaban J connectivity index is 1.33. The van der Waals surface area contributed by atoms with Crippen LogP contribution in [-0.4, -0.2) is 32.9 Å². The van der Waals surface area contributed by atoms with E-state index >= 15 is 0 Å². The largest absolute Gasteiger partial charge is 0.493 e. The first kappa shape index (κ1) is 23.4. The highest BCUT2D eigenvalue weighted by atomic mass is 16.6. The summed E-state index contributed by atoms with van der Waals surface area (Å²) in [6.07, 6.45) is 2.00. The Morgan fingerprint density at radius 3 is 2.51 bits per heavy atom. The molecule has 0 aliphatic rings. The van der Waals surface area contributed by atoms with Crippen LogP contribution in [0.4, 0.5) is 5.69 Å². The first-order valence-electron chi connectivity index (χ1n) is 10.8. The first-order valence-corrected chi connectivity index (χ1v) is 10.8. The molecule has 178 valence electrons. The summed E-state index contributed by atoms with van der Waals surface area (Å²) in [5, 5.41) is 21.8. The number of methoxy groups -OCH3 is 1. The highest BCUT2D eigenvalue weighted by Gasteiger charge is 2.11. The van der Waals surface area contributed by atoms with Gasteiger partial charge < -0.3 is 14.8 Å². The highest BCUT2D eigenvalue weighted by molar-refractivity contribution is 5.78. The van der Waals surface area contributed by atoms with Crippen molar-refractivity contribution >= 4 is 11.6 Å². The molecule has 10 heteroatoms. The number of aromatic nitrogens is 3. The lowest BCUT2D eigenvalue weighted by atomic mass is 10.1. The lowest BCUT2D eigenvalue weighted by molar-refractivity contribution is -0.384. The van der Waals surface area contributed by atoms with Crippen LogP contribution in [0.3, 0.4) is 0 Å². The van der Waals surface area contributed by atoms with Crippen molar-refractivity contribution in [1.29, 1.82) is 0 Å². The maximum atomic E-state index is 12.2. The van der Waals surface area contributed by atoms with Crippen LogP contribution in [0.5, 0.6) is 11.5 Å². The van der Waals surface area contributed by atoms with Gasteiger partial charge in [-0.05, 0) is 35.4 Å². The van der Waals surface area contributed by atoms with Crippen molar-refractivity contribution in [3.63, 3.8) is 0 Å². The van der Waals surface area contributed by atoms with Gasteiger partial charge in [-0.1, -0.05) is 41.6 Å². The molecule has 1 N–H and O–H groups in total. The molecule has 4 aromatic rings. The van der Waals surface area contributed by atoms with E-state index in [-0.39, 0.29) is 18.2 Å². The second kappa shape index (κ2) is 10.9. The van der Waals surface area contributed by atoms with Crippen molar-refractivity contribution in [2.75, 3.05) is 7.11 Å². The van der Waals surface area contributed by atoms with E-state index in [1.807, 2.05) is 42.5 Å². The zero-order valence-corrected chi connectivity index (χ0v) is 19.0. The number of ether oxygens (including phenoxy) is 2. The summed E-state index contributed by atoms with van der Waals surface area (Å²) in [6.45, 7) is 0.516. The van der Waals surface area contributed by atoms with Gasteiger partial charge in [0.05, 0.1) is 30.3 Å². The molecular formula is C25H23N5O5. The second-order valence-corrected chi connectivity index (χ2v) is 7.64. The second-order valence-electron chi connectivity index (χ2n) is 7.64. The van der Waals surface area contributed by atoms with Crippen LogP contribution >= 0.6 is 0 Å². The molecule has 35 heavy (non-hydrogen) atoms. The molecule has 0 bridgehead atoms. The van der Waals surface area contributed by atoms with E-state index in [0.717, 1.165) is 11.1 Å². The molecule has 1 aromatic heterocycles. The maximum Gasteiger partial charge on any atom is 0.269 e. The molecule has 1 amide bonds. The van der Waals surface area contributed by atoms with Gasteiger partial charge in [-0.3, -0.25) is 14.9 Å². The quantitative estimate of drug-likeness (QED) is 0.276. The van der Waals surface area contributed by atoms with Gasteiger partial charge in [-0.25, -0.2) is 4.68 Å². The molecule has 0 saturated carbocycles. The number of hydrogen-bond donors (Lipinski definition) is 1. The summed E-state index contributed by atoms with van der Waals surface area (Å²) in [5.41, 5.74) is 3.05. The predicted octanol–water partition coefficient (Wildman–Crippen LogP) is 3.62. The summed E-state index contributed by atoms with van der Waals surface area (Å²) in [5.74, 6) is 0.992. The van der Waals surface area contributed by atoms with Crippen molar-refractivity contribution in [1.82, 2.24) is 20.3 Å². The van der Waals surface area contributed by atoms with Crippen LogP contribution in [0.1, 0.15) is 16.8 Å². The highest BCUT2D eigenvalue weighted by Crippen LogP contribution is 2.29. The fourth-order valence-corrected chi connectivity index (χ4v) is 3.36. The van der Waals surface area contributed by atoms with Gasteiger partial charge in [-0.2, -0.15) is 0 Å². The molecule has 10 nitrogen and oxygen atoms in total. The maximum absolute atomic E-state index is 12.2. The van der Waals surface area contributed by atoms with E-state index < -0.39 is 4.92 Å². The standard InChI is InChI=1S/C25H23N5O5/c1-34-24-13-19(15-26-25(31)14-18-5-3-2-4-6-18)7-12-23(24)35-17-20-16-29(28-27-20)21-8-10-22(11-9-21)30(32)33/h2-13,16H,14-15,17H2,1H3,(H,26,31). The summed E-state index contributed by atoms with van der Waals surface area (Å²) < 4.78 is 12.8. The van der Waals surface area contributed by atoms with Gasteiger partial charge in [0.1, 0.15) is 12.3 Å². The van der Waals surface area contributed by atoms with E-state index in [2.05, 4.69) is 15.6 Å². The normalized spacial score (nSPS) is 10.5. The number of nitro groups is 1. The molecule has 4 rings (SSSR count). The molecular weight excluding hydrogens is 450 g/mol. The number of carbonyl (C=O) groups excluding carboxylic acids is 1. The minimum Gasteiger partial charge on any atom is -0.493 e. The zero-order valence-electron chi connectivity index (χ0n) is 19.0. The lowest BCUT2D eigenvalue weighted by Crippen LogP contribution is -2.24. The molecule has 0 atom stereocenters. The SMILES string of the molecule is COc1cc(CNC(=O)Cc2ccccc2)ccc1OCc1cn(-c2ccc([N+](=O)[O-])cc2)nn1. The summed E-state index contributed by atoms with van der Waals surface area (Å²) >= 11 is 0. The molecule has 0 unspecified atom stereocenters. The van der Waals surface area contributed by atoms with Crippen LogP contribution in [-0.2, 0) is 24.4 Å². The molecule has 3 aromatic carbocycles. The van der Waals surface area contributed by atoms with Gasteiger partial charge >= 0.3 is 0 Å². The monoisotopic (exact) mass is 473 g/mol. The van der Waals surface area contributed by atoms with Crippen LogP contribution in [0.25, 0.3) is 5.69 Å². The van der Waals surface area contributed by atoms with Crippen LogP contribution in [0.15, 0.2) is 79.0 Å². The van der Waals surface area contributed by atoms with Crippen LogP contribution in [0, 0.1) is 10.1 Å². The molecule has 0 saturated heterocycles. The number of non-ortho nitro benzene ring substituents is 1. The number of amides is 1. The Bertz CT molecular complexity index is 1310. The molecule has 0 radical (unpaired) electrons. The van der Waals surface area contributed by atoms with Crippen molar-refractivity contribution < 1.29 is 19.2 Å². The first-order chi connectivity index (χ1) is 17.0.